The third kappa shape index (κ3) is 4.91. The zero-order valence-corrected chi connectivity index (χ0v) is 13.3. The summed E-state index contributed by atoms with van der Waals surface area (Å²) < 4.78 is 24.3. The molecule has 1 heterocycles. The fourth-order valence-corrected chi connectivity index (χ4v) is 4.01. The lowest BCUT2D eigenvalue weighted by Gasteiger charge is -2.14. The van der Waals surface area contributed by atoms with Gasteiger partial charge in [0.1, 0.15) is 0 Å². The monoisotopic (exact) mass is 304 g/mol. The van der Waals surface area contributed by atoms with Gasteiger partial charge in [-0.3, -0.25) is 4.79 Å². The molecule has 7 heteroatoms. The molecule has 1 rings (SSSR count). The molecular weight excluding hydrogens is 284 g/mol. The van der Waals surface area contributed by atoms with E-state index in [0.717, 1.165) is 4.88 Å². The molecule has 1 aromatic heterocycles. The van der Waals surface area contributed by atoms with Crippen LogP contribution in [0.2, 0.25) is 0 Å². The van der Waals surface area contributed by atoms with Gasteiger partial charge in [0.15, 0.2) is 0 Å². The molecule has 19 heavy (non-hydrogen) atoms. The normalized spacial score (nSPS) is 12.4. The van der Waals surface area contributed by atoms with Gasteiger partial charge < -0.3 is 5.32 Å². The van der Waals surface area contributed by atoms with Crippen LogP contribution >= 0.6 is 11.3 Å². The Kier molecular flexibility index (Phi) is 5.09. The van der Waals surface area contributed by atoms with Crippen molar-refractivity contribution in [3.63, 3.8) is 0 Å². The van der Waals surface area contributed by atoms with Crippen molar-refractivity contribution in [3.8, 4) is 0 Å². The van der Waals surface area contributed by atoms with Gasteiger partial charge in [0, 0.05) is 24.5 Å². The summed E-state index contributed by atoms with van der Waals surface area (Å²) in [5, 5.41) is 2.58. The van der Waals surface area contributed by atoms with Crippen LogP contribution in [0.4, 0.5) is 0 Å². The molecule has 1 amide bonds. The molecule has 0 saturated heterocycles. The van der Waals surface area contributed by atoms with E-state index in [4.69, 9.17) is 0 Å². The molecule has 0 fully saturated rings. The van der Waals surface area contributed by atoms with Crippen LogP contribution in [0.1, 0.15) is 39.0 Å². The van der Waals surface area contributed by atoms with Crippen molar-refractivity contribution in [1.82, 2.24) is 10.3 Å². The maximum absolute atomic E-state index is 12.1. The molecule has 0 radical (unpaired) electrons. The summed E-state index contributed by atoms with van der Waals surface area (Å²) >= 11 is 1.22. The Hall–Kier alpha value is -0.950. The van der Waals surface area contributed by atoms with Crippen LogP contribution in [0.15, 0.2) is 10.5 Å². The van der Waals surface area contributed by atoms with Crippen LogP contribution in [-0.4, -0.2) is 31.6 Å². The summed E-state index contributed by atoms with van der Waals surface area (Å²) in [6.07, 6.45) is 2.03. The molecule has 5 nitrogen and oxygen atoms in total. The fourth-order valence-electron chi connectivity index (χ4n) is 1.36. The van der Waals surface area contributed by atoms with Crippen molar-refractivity contribution in [2.24, 2.45) is 0 Å². The lowest BCUT2D eigenvalue weighted by molar-refractivity contribution is -0.118. The number of hydrogen-bond donors (Lipinski definition) is 1. The van der Waals surface area contributed by atoms with E-state index in [1.165, 1.54) is 18.3 Å². The molecule has 0 spiro atoms. The van der Waals surface area contributed by atoms with E-state index in [0.29, 0.717) is 13.0 Å². The van der Waals surface area contributed by atoms with Gasteiger partial charge in [-0.25, -0.2) is 13.4 Å². The standard InChI is InChI=1S/C12H20N2O3S2/c1-9(15)13-6-5-7-19(16,17)11-14-8-10(18-11)12(2,3)4/h8H,5-7H2,1-4H3,(H,13,15). The van der Waals surface area contributed by atoms with E-state index in [2.05, 4.69) is 10.3 Å². The summed E-state index contributed by atoms with van der Waals surface area (Å²) in [4.78, 5) is 15.6. The van der Waals surface area contributed by atoms with Gasteiger partial charge in [-0.05, 0) is 11.8 Å². The first-order valence-corrected chi connectivity index (χ1v) is 8.53. The number of sulfone groups is 1. The van der Waals surface area contributed by atoms with Gasteiger partial charge in [0.2, 0.25) is 20.1 Å². The van der Waals surface area contributed by atoms with Crippen molar-refractivity contribution in [2.75, 3.05) is 12.3 Å². The zero-order valence-electron chi connectivity index (χ0n) is 11.7. The second-order valence-corrected chi connectivity index (χ2v) is 8.71. The molecule has 108 valence electrons. The van der Waals surface area contributed by atoms with Gasteiger partial charge in [0.25, 0.3) is 0 Å². The van der Waals surface area contributed by atoms with E-state index >= 15 is 0 Å². The quantitative estimate of drug-likeness (QED) is 0.841. The molecule has 0 bridgehead atoms. The first-order valence-electron chi connectivity index (χ1n) is 6.06. The molecule has 0 aliphatic heterocycles. The van der Waals surface area contributed by atoms with E-state index in [1.807, 2.05) is 20.8 Å². The topological polar surface area (TPSA) is 76.1 Å². The lowest BCUT2D eigenvalue weighted by Crippen LogP contribution is -2.23. The molecule has 0 aromatic carbocycles. The summed E-state index contributed by atoms with van der Waals surface area (Å²) in [5.74, 6) is -0.147. The van der Waals surface area contributed by atoms with Crippen LogP contribution < -0.4 is 5.32 Å². The van der Waals surface area contributed by atoms with Crippen molar-refractivity contribution in [2.45, 2.75) is 43.9 Å². The van der Waals surface area contributed by atoms with Crippen LogP contribution in [-0.2, 0) is 20.0 Å². The molecule has 0 atom stereocenters. The second kappa shape index (κ2) is 6.00. The van der Waals surface area contributed by atoms with Gasteiger partial charge >= 0.3 is 0 Å². The zero-order chi connectivity index (χ0) is 14.7. The van der Waals surface area contributed by atoms with Gasteiger partial charge in [-0.15, -0.1) is 11.3 Å². The highest BCUT2D eigenvalue weighted by atomic mass is 32.2. The summed E-state index contributed by atoms with van der Waals surface area (Å²) in [5.41, 5.74) is -0.0956. The molecule has 1 aromatic rings. The third-order valence-electron chi connectivity index (χ3n) is 2.45. The number of hydrogen-bond acceptors (Lipinski definition) is 5. The summed E-state index contributed by atoms with van der Waals surface area (Å²) in [7, 11) is -3.34. The Morgan fingerprint density at radius 1 is 1.42 bits per heavy atom. The minimum Gasteiger partial charge on any atom is -0.356 e. The van der Waals surface area contributed by atoms with Gasteiger partial charge in [-0.1, -0.05) is 20.8 Å². The van der Waals surface area contributed by atoms with Crippen molar-refractivity contribution >= 4 is 27.1 Å². The summed E-state index contributed by atoms with van der Waals surface area (Å²) in [6, 6.07) is 0. The number of nitrogens with zero attached hydrogens (tertiary/aromatic N) is 1. The Morgan fingerprint density at radius 3 is 2.53 bits per heavy atom. The van der Waals surface area contributed by atoms with E-state index in [-0.39, 0.29) is 21.4 Å². The number of nitrogens with one attached hydrogen (secondary N) is 1. The highest BCUT2D eigenvalue weighted by molar-refractivity contribution is 7.93. The van der Waals surface area contributed by atoms with Crippen molar-refractivity contribution in [3.05, 3.63) is 11.1 Å². The van der Waals surface area contributed by atoms with Crippen LogP contribution in [0.5, 0.6) is 0 Å². The van der Waals surface area contributed by atoms with E-state index in [1.54, 1.807) is 6.20 Å². The third-order valence-corrected chi connectivity index (χ3v) is 6.15. The Labute approximate surface area is 118 Å². The number of carbonyl (C=O) groups is 1. The Balaban J connectivity index is 2.68. The molecule has 0 aliphatic rings. The molecule has 0 aliphatic carbocycles. The molecule has 0 saturated carbocycles. The predicted molar refractivity (Wildman–Crippen MR) is 76.2 cm³/mol. The number of rotatable bonds is 5. The molecule has 1 N–H and O–H groups in total. The largest absolute Gasteiger partial charge is 0.356 e. The number of aromatic nitrogens is 1. The number of thiazole rings is 1. The number of amides is 1. The Morgan fingerprint density at radius 2 is 2.05 bits per heavy atom. The number of carbonyl (C=O) groups excluding carboxylic acids is 1. The molecule has 0 unspecified atom stereocenters. The minimum atomic E-state index is -3.34. The Bertz CT molecular complexity index is 542. The van der Waals surface area contributed by atoms with Gasteiger partial charge in [0.05, 0.1) is 5.75 Å². The highest BCUT2D eigenvalue weighted by Crippen LogP contribution is 2.30. The maximum atomic E-state index is 12.1. The smallest absolute Gasteiger partial charge is 0.216 e. The maximum Gasteiger partial charge on any atom is 0.216 e. The predicted octanol–water partition coefficient (Wildman–Crippen LogP) is 1.74. The van der Waals surface area contributed by atoms with Gasteiger partial charge in [-0.2, -0.15) is 0 Å². The summed E-state index contributed by atoms with van der Waals surface area (Å²) in [6.45, 7) is 7.84. The SMILES string of the molecule is CC(=O)NCCCS(=O)(=O)c1ncc(C(C)(C)C)s1. The first-order chi connectivity index (χ1) is 8.63. The van der Waals surface area contributed by atoms with Crippen LogP contribution in [0.3, 0.4) is 0 Å². The highest BCUT2D eigenvalue weighted by Gasteiger charge is 2.23. The lowest BCUT2D eigenvalue weighted by atomic mass is 9.96. The van der Waals surface area contributed by atoms with Crippen LogP contribution in [0.25, 0.3) is 0 Å². The second-order valence-electron chi connectivity index (χ2n) is 5.40. The minimum absolute atomic E-state index is 0.00434. The van der Waals surface area contributed by atoms with Crippen LogP contribution in [0, 0.1) is 0 Å². The first kappa shape index (κ1) is 16.1. The molecular formula is C12H20N2O3S2. The van der Waals surface area contributed by atoms with E-state index < -0.39 is 9.84 Å². The fraction of sp³-hybridized carbons (Fsp3) is 0.667. The average molecular weight is 304 g/mol. The average Bonchev–Trinajstić information content (AvgIpc) is 2.73. The van der Waals surface area contributed by atoms with Crippen molar-refractivity contribution < 1.29 is 13.2 Å². The van der Waals surface area contributed by atoms with E-state index in [9.17, 15) is 13.2 Å². The van der Waals surface area contributed by atoms with Crippen molar-refractivity contribution in [1.29, 1.82) is 0 Å².